The summed E-state index contributed by atoms with van der Waals surface area (Å²) in [6.45, 7) is 3.99. The van der Waals surface area contributed by atoms with E-state index in [2.05, 4.69) is 10.6 Å². The molecule has 2 aliphatic rings. The molecule has 0 aliphatic heterocycles. The number of aryl methyl sites for hydroxylation is 2. The average Bonchev–Trinajstić information content (AvgIpc) is 3.61. The van der Waals surface area contributed by atoms with Gasteiger partial charge in [0.1, 0.15) is 5.82 Å². The number of nitrogens with one attached hydrogen (secondary N) is 2. The van der Waals surface area contributed by atoms with Gasteiger partial charge in [-0.05, 0) is 86.8 Å². The van der Waals surface area contributed by atoms with Crippen LogP contribution in [-0.4, -0.2) is 11.0 Å². The number of aromatic nitrogens is 1. The second kappa shape index (κ2) is 8.81. The molecule has 0 spiro atoms. The van der Waals surface area contributed by atoms with E-state index >= 15 is 0 Å². The second-order valence-corrected chi connectivity index (χ2v) is 9.26. The predicted molar refractivity (Wildman–Crippen MR) is 114 cm³/mol. The van der Waals surface area contributed by atoms with Crippen LogP contribution >= 0.6 is 0 Å². The first-order chi connectivity index (χ1) is 15.4. The highest BCUT2D eigenvalue weighted by Gasteiger charge is 2.42. The number of pyridine rings is 1. The van der Waals surface area contributed by atoms with E-state index < -0.39 is 23.5 Å². The standard InChI is InChI=1S/C24H27F6N3/c1-13-7-18(22(32-14(13)2)33-21(16-3-4-16)17-5-6-17)12-31-11-15-8-19(23(25,26)27)10-20(9-15)24(28,29)30/h7-10,16-17,21,31H,3-6,11-12H2,1-2H3,(H,32,33). The molecule has 2 N–H and O–H groups in total. The van der Waals surface area contributed by atoms with E-state index in [-0.39, 0.29) is 24.7 Å². The lowest BCUT2D eigenvalue weighted by molar-refractivity contribution is -0.143. The SMILES string of the molecule is Cc1cc(CNCc2cc(C(F)(F)F)cc(C(F)(F)F)c2)c(NC(C2CC2)C2CC2)nc1C. The van der Waals surface area contributed by atoms with Crippen LogP contribution in [0.2, 0.25) is 0 Å². The minimum atomic E-state index is -4.86. The molecule has 180 valence electrons. The van der Waals surface area contributed by atoms with Crippen LogP contribution in [0.4, 0.5) is 32.2 Å². The summed E-state index contributed by atoms with van der Waals surface area (Å²) in [5, 5.41) is 6.61. The Balaban J connectivity index is 1.51. The first-order valence-corrected chi connectivity index (χ1v) is 11.1. The number of nitrogens with zero attached hydrogens (tertiary/aromatic N) is 1. The zero-order valence-corrected chi connectivity index (χ0v) is 18.5. The van der Waals surface area contributed by atoms with E-state index in [1.807, 2.05) is 19.9 Å². The third-order valence-electron chi connectivity index (χ3n) is 6.40. The quantitative estimate of drug-likeness (QED) is 0.425. The molecular weight excluding hydrogens is 444 g/mol. The van der Waals surface area contributed by atoms with E-state index in [0.717, 1.165) is 34.8 Å². The fraction of sp³-hybridized carbons (Fsp3) is 0.542. The molecule has 0 amide bonds. The Morgan fingerprint density at radius 2 is 1.39 bits per heavy atom. The number of hydrogen-bond acceptors (Lipinski definition) is 3. The van der Waals surface area contributed by atoms with Gasteiger partial charge < -0.3 is 10.6 Å². The monoisotopic (exact) mass is 471 g/mol. The maximum Gasteiger partial charge on any atom is 0.416 e. The molecule has 0 saturated heterocycles. The fourth-order valence-corrected chi connectivity index (χ4v) is 4.17. The van der Waals surface area contributed by atoms with Crippen molar-refractivity contribution in [1.82, 2.24) is 10.3 Å². The van der Waals surface area contributed by atoms with E-state index in [1.165, 1.54) is 25.7 Å². The fourth-order valence-electron chi connectivity index (χ4n) is 4.17. The van der Waals surface area contributed by atoms with Gasteiger partial charge in [-0.2, -0.15) is 26.3 Å². The van der Waals surface area contributed by atoms with Gasteiger partial charge in [0.2, 0.25) is 0 Å². The van der Waals surface area contributed by atoms with Crippen LogP contribution in [-0.2, 0) is 25.4 Å². The van der Waals surface area contributed by atoms with Gasteiger partial charge in [0.25, 0.3) is 0 Å². The molecule has 1 heterocycles. The molecule has 3 nitrogen and oxygen atoms in total. The van der Waals surface area contributed by atoms with Crippen molar-refractivity contribution >= 4 is 5.82 Å². The van der Waals surface area contributed by atoms with Gasteiger partial charge >= 0.3 is 12.4 Å². The number of hydrogen-bond donors (Lipinski definition) is 2. The number of alkyl halides is 6. The van der Waals surface area contributed by atoms with E-state index in [1.54, 1.807) is 0 Å². The van der Waals surface area contributed by atoms with Gasteiger partial charge in [-0.1, -0.05) is 0 Å². The smallest absolute Gasteiger partial charge is 0.367 e. The molecule has 0 bridgehead atoms. The first kappa shape index (κ1) is 23.9. The van der Waals surface area contributed by atoms with Crippen LogP contribution < -0.4 is 10.6 Å². The van der Waals surface area contributed by atoms with Crippen LogP contribution in [0.5, 0.6) is 0 Å². The Kier molecular flexibility index (Phi) is 6.37. The van der Waals surface area contributed by atoms with Crippen molar-refractivity contribution in [3.8, 4) is 0 Å². The molecule has 2 saturated carbocycles. The Bertz CT molecular complexity index is 962. The summed E-state index contributed by atoms with van der Waals surface area (Å²) in [4.78, 5) is 4.70. The first-order valence-electron chi connectivity index (χ1n) is 11.1. The minimum Gasteiger partial charge on any atom is -0.367 e. The molecule has 0 atom stereocenters. The van der Waals surface area contributed by atoms with Crippen molar-refractivity contribution in [3.63, 3.8) is 0 Å². The van der Waals surface area contributed by atoms with Crippen LogP contribution in [0.1, 0.15) is 59.2 Å². The zero-order valence-electron chi connectivity index (χ0n) is 18.5. The van der Waals surface area contributed by atoms with Crippen LogP contribution in [0.15, 0.2) is 24.3 Å². The van der Waals surface area contributed by atoms with Gasteiger partial charge in [0, 0.05) is 30.4 Å². The van der Waals surface area contributed by atoms with Gasteiger partial charge in [-0.3, -0.25) is 0 Å². The number of halogens is 6. The maximum absolute atomic E-state index is 13.1. The number of benzene rings is 1. The topological polar surface area (TPSA) is 37.0 Å². The molecule has 2 aromatic rings. The molecule has 1 aromatic heterocycles. The Labute approximate surface area is 189 Å². The largest absolute Gasteiger partial charge is 0.416 e. The second-order valence-electron chi connectivity index (χ2n) is 9.26. The minimum absolute atomic E-state index is 0.0720. The summed E-state index contributed by atoms with van der Waals surface area (Å²) in [5.74, 6) is 2.04. The van der Waals surface area contributed by atoms with Crippen molar-refractivity contribution in [1.29, 1.82) is 0 Å². The Hall–Kier alpha value is -2.29. The molecule has 0 radical (unpaired) electrons. The third-order valence-corrected chi connectivity index (χ3v) is 6.40. The van der Waals surface area contributed by atoms with Crippen LogP contribution in [0.25, 0.3) is 0 Å². The van der Waals surface area contributed by atoms with Gasteiger partial charge in [0.15, 0.2) is 0 Å². The van der Waals surface area contributed by atoms with Crippen molar-refractivity contribution in [2.24, 2.45) is 11.8 Å². The van der Waals surface area contributed by atoms with Crippen LogP contribution in [0, 0.1) is 25.7 Å². The molecule has 1 aromatic carbocycles. The molecule has 0 unspecified atom stereocenters. The summed E-state index contributed by atoms with van der Waals surface area (Å²) in [7, 11) is 0. The summed E-state index contributed by atoms with van der Waals surface area (Å²) >= 11 is 0. The average molecular weight is 471 g/mol. The lowest BCUT2D eigenvalue weighted by atomic mass is 10.0. The lowest BCUT2D eigenvalue weighted by Gasteiger charge is -2.22. The molecule has 9 heteroatoms. The zero-order chi connectivity index (χ0) is 24.0. The van der Waals surface area contributed by atoms with Crippen molar-refractivity contribution in [2.75, 3.05) is 5.32 Å². The summed E-state index contributed by atoms with van der Waals surface area (Å²) in [6.07, 6.45) is -4.92. The van der Waals surface area contributed by atoms with Crippen molar-refractivity contribution < 1.29 is 26.3 Å². The van der Waals surface area contributed by atoms with Crippen LogP contribution in [0.3, 0.4) is 0 Å². The maximum atomic E-state index is 13.1. The number of rotatable bonds is 8. The number of anilines is 1. The van der Waals surface area contributed by atoms with Gasteiger partial charge in [0.05, 0.1) is 11.1 Å². The van der Waals surface area contributed by atoms with E-state index in [4.69, 9.17) is 4.98 Å². The van der Waals surface area contributed by atoms with Crippen molar-refractivity contribution in [2.45, 2.75) is 71.0 Å². The third kappa shape index (κ3) is 5.99. The summed E-state index contributed by atoms with van der Waals surface area (Å²) < 4.78 is 78.7. The van der Waals surface area contributed by atoms with E-state index in [9.17, 15) is 26.3 Å². The highest BCUT2D eigenvalue weighted by Crippen LogP contribution is 2.46. The van der Waals surface area contributed by atoms with Crippen molar-refractivity contribution in [3.05, 3.63) is 57.8 Å². The highest BCUT2D eigenvalue weighted by molar-refractivity contribution is 5.49. The predicted octanol–water partition coefficient (Wildman–Crippen LogP) is 6.63. The molecular formula is C24H27F6N3. The lowest BCUT2D eigenvalue weighted by Crippen LogP contribution is -2.26. The molecule has 4 rings (SSSR count). The Morgan fingerprint density at radius 1 is 0.848 bits per heavy atom. The highest BCUT2D eigenvalue weighted by atomic mass is 19.4. The Morgan fingerprint density at radius 3 is 1.88 bits per heavy atom. The summed E-state index contributed by atoms with van der Waals surface area (Å²) in [5.41, 5.74) is 0.0382. The molecule has 2 fully saturated rings. The van der Waals surface area contributed by atoms with E-state index in [0.29, 0.717) is 17.9 Å². The molecule has 33 heavy (non-hydrogen) atoms. The molecule has 2 aliphatic carbocycles. The van der Waals surface area contributed by atoms with Gasteiger partial charge in [-0.15, -0.1) is 0 Å². The summed E-state index contributed by atoms with van der Waals surface area (Å²) in [6, 6.07) is 4.01. The normalized spacial score (nSPS) is 17.0. The van der Waals surface area contributed by atoms with Gasteiger partial charge in [-0.25, -0.2) is 4.98 Å².